The van der Waals surface area contributed by atoms with Gasteiger partial charge in [-0.05, 0) is 24.5 Å². The van der Waals surface area contributed by atoms with E-state index in [-0.39, 0.29) is 11.5 Å². The molecular weight excluding hydrogens is 298 g/mol. The average Bonchev–Trinajstić information content (AvgIpc) is 3.13. The molecule has 0 saturated heterocycles. The van der Waals surface area contributed by atoms with E-state index >= 15 is 0 Å². The molecule has 0 amide bonds. The third-order valence-corrected chi connectivity index (χ3v) is 3.75. The van der Waals surface area contributed by atoms with E-state index in [1.807, 2.05) is 24.3 Å². The Labute approximate surface area is 113 Å². The van der Waals surface area contributed by atoms with Crippen LogP contribution in [0, 0.1) is 10.1 Å². The van der Waals surface area contributed by atoms with Gasteiger partial charge >= 0.3 is 0 Å². The van der Waals surface area contributed by atoms with Gasteiger partial charge in [-0.15, -0.1) is 0 Å². The first-order valence-corrected chi connectivity index (χ1v) is 6.46. The van der Waals surface area contributed by atoms with Crippen molar-refractivity contribution >= 4 is 22.2 Å². The maximum Gasteiger partial charge on any atom is 0.214 e. The molecule has 1 aliphatic carbocycles. The number of nitro groups is 1. The van der Waals surface area contributed by atoms with Gasteiger partial charge in [0.25, 0.3) is 0 Å². The van der Waals surface area contributed by atoms with Crippen molar-refractivity contribution in [1.29, 1.82) is 0 Å². The van der Waals surface area contributed by atoms with E-state index < -0.39 is 5.92 Å². The molecule has 1 fully saturated rings. The van der Waals surface area contributed by atoms with E-state index in [1.165, 1.54) is 0 Å². The molecule has 0 aliphatic heterocycles. The Kier molecular flexibility index (Phi) is 3.91. The molecule has 18 heavy (non-hydrogen) atoms. The maximum atomic E-state index is 11.2. The van der Waals surface area contributed by atoms with Crippen molar-refractivity contribution in [1.82, 2.24) is 0 Å². The van der Waals surface area contributed by atoms with Crippen LogP contribution in [-0.2, 0) is 4.79 Å². The highest BCUT2D eigenvalue weighted by atomic mass is 79.9. The summed E-state index contributed by atoms with van der Waals surface area (Å²) in [6, 6.07) is 7.33. The lowest BCUT2D eigenvalue weighted by Crippen LogP contribution is -2.16. The van der Waals surface area contributed by atoms with E-state index in [2.05, 4.69) is 15.9 Å². The monoisotopic (exact) mass is 309 g/mol. The fourth-order valence-electron chi connectivity index (χ4n) is 2.03. The van der Waals surface area contributed by atoms with Gasteiger partial charge in [-0.2, -0.15) is 0 Å². The molecule has 0 radical (unpaired) electrons. The van der Waals surface area contributed by atoms with Crippen molar-refractivity contribution in [3.05, 3.63) is 55.6 Å². The Morgan fingerprint density at radius 1 is 1.44 bits per heavy atom. The van der Waals surface area contributed by atoms with Crippen LogP contribution in [0.5, 0.6) is 0 Å². The van der Waals surface area contributed by atoms with Gasteiger partial charge in [-0.25, -0.2) is 0 Å². The van der Waals surface area contributed by atoms with Crippen LogP contribution in [0.25, 0.3) is 0 Å². The fraction of sp³-hybridized carbons (Fsp3) is 0.308. The SMILES string of the molecule is O=CC(=C1CC1)C(C[N+](=O)[O-])c1ccccc1Br. The molecule has 2 rings (SSSR count). The second-order valence-electron chi connectivity index (χ2n) is 4.27. The Balaban J connectivity index is 2.43. The van der Waals surface area contributed by atoms with Crippen LogP contribution in [0.1, 0.15) is 24.3 Å². The Morgan fingerprint density at radius 2 is 2.11 bits per heavy atom. The van der Waals surface area contributed by atoms with Crippen LogP contribution in [0.15, 0.2) is 39.9 Å². The summed E-state index contributed by atoms with van der Waals surface area (Å²) in [4.78, 5) is 21.6. The van der Waals surface area contributed by atoms with Crippen molar-refractivity contribution in [3.63, 3.8) is 0 Å². The molecule has 4 nitrogen and oxygen atoms in total. The van der Waals surface area contributed by atoms with Gasteiger partial charge in [0.05, 0.1) is 5.92 Å². The van der Waals surface area contributed by atoms with Crippen molar-refractivity contribution in [2.75, 3.05) is 6.54 Å². The molecule has 5 heteroatoms. The zero-order valence-corrected chi connectivity index (χ0v) is 11.2. The van der Waals surface area contributed by atoms with Crippen LogP contribution in [0.2, 0.25) is 0 Å². The fourth-order valence-corrected chi connectivity index (χ4v) is 2.60. The zero-order chi connectivity index (χ0) is 13.1. The lowest BCUT2D eigenvalue weighted by molar-refractivity contribution is -0.481. The number of aldehydes is 1. The minimum atomic E-state index is -0.453. The third kappa shape index (κ3) is 2.85. The molecule has 0 aromatic heterocycles. The van der Waals surface area contributed by atoms with E-state index in [0.29, 0.717) is 5.57 Å². The number of benzene rings is 1. The summed E-state index contributed by atoms with van der Waals surface area (Å²) in [5.41, 5.74) is 2.43. The quantitative estimate of drug-likeness (QED) is 0.363. The molecule has 1 saturated carbocycles. The van der Waals surface area contributed by atoms with E-state index in [1.54, 1.807) is 0 Å². The smallest absolute Gasteiger partial charge is 0.214 e. The molecule has 94 valence electrons. The Hall–Kier alpha value is -1.49. The number of hydrogen-bond donors (Lipinski definition) is 0. The summed E-state index contributed by atoms with van der Waals surface area (Å²) in [5.74, 6) is -0.453. The van der Waals surface area contributed by atoms with Crippen LogP contribution < -0.4 is 0 Å². The van der Waals surface area contributed by atoms with E-state index in [9.17, 15) is 14.9 Å². The van der Waals surface area contributed by atoms with Crippen LogP contribution in [0.3, 0.4) is 0 Å². The second kappa shape index (κ2) is 5.44. The van der Waals surface area contributed by atoms with E-state index in [4.69, 9.17) is 0 Å². The summed E-state index contributed by atoms with van der Waals surface area (Å²) >= 11 is 3.39. The minimum absolute atomic E-state index is 0.250. The van der Waals surface area contributed by atoms with Crippen LogP contribution >= 0.6 is 15.9 Å². The Bertz CT molecular complexity index is 519. The molecule has 0 N–H and O–H groups in total. The normalized spacial score (nSPS) is 15.1. The first-order chi connectivity index (χ1) is 8.63. The summed E-state index contributed by atoms with van der Waals surface area (Å²) < 4.78 is 0.803. The van der Waals surface area contributed by atoms with Crippen LogP contribution in [0.4, 0.5) is 0 Å². The van der Waals surface area contributed by atoms with Gasteiger partial charge in [-0.3, -0.25) is 14.9 Å². The number of carbonyl (C=O) groups excluding carboxylic acids is 1. The molecule has 1 unspecified atom stereocenters. The van der Waals surface area contributed by atoms with Crippen molar-refractivity contribution in [3.8, 4) is 0 Å². The summed E-state index contributed by atoms with van der Waals surface area (Å²) in [6.45, 7) is -0.250. The van der Waals surface area contributed by atoms with Gasteiger partial charge in [0, 0.05) is 15.0 Å². The molecule has 1 aromatic rings. The lowest BCUT2D eigenvalue weighted by atomic mass is 9.91. The summed E-state index contributed by atoms with van der Waals surface area (Å²) in [7, 11) is 0. The topological polar surface area (TPSA) is 60.2 Å². The second-order valence-corrected chi connectivity index (χ2v) is 5.12. The highest BCUT2D eigenvalue weighted by molar-refractivity contribution is 9.10. The van der Waals surface area contributed by atoms with Gasteiger partial charge in [-0.1, -0.05) is 39.7 Å². The van der Waals surface area contributed by atoms with Crippen molar-refractivity contribution < 1.29 is 9.72 Å². The van der Waals surface area contributed by atoms with Crippen molar-refractivity contribution in [2.24, 2.45) is 0 Å². The van der Waals surface area contributed by atoms with Crippen LogP contribution in [-0.4, -0.2) is 17.8 Å². The maximum absolute atomic E-state index is 11.2. The molecule has 0 heterocycles. The molecular formula is C13H12BrNO3. The predicted octanol–water partition coefficient (Wildman–Crippen LogP) is 3.10. The third-order valence-electron chi connectivity index (χ3n) is 3.02. The summed E-state index contributed by atoms with van der Waals surface area (Å²) in [5, 5.41) is 10.8. The van der Waals surface area contributed by atoms with Gasteiger partial charge in [0.2, 0.25) is 6.54 Å². The highest BCUT2D eigenvalue weighted by Gasteiger charge is 2.29. The first-order valence-electron chi connectivity index (χ1n) is 5.66. The Morgan fingerprint density at radius 3 is 2.61 bits per heavy atom. The minimum Gasteiger partial charge on any atom is -0.298 e. The number of halogens is 1. The predicted molar refractivity (Wildman–Crippen MR) is 71.1 cm³/mol. The number of hydrogen-bond acceptors (Lipinski definition) is 3. The van der Waals surface area contributed by atoms with Crippen molar-refractivity contribution in [2.45, 2.75) is 18.8 Å². The van der Waals surface area contributed by atoms with Gasteiger partial charge < -0.3 is 0 Å². The number of nitrogens with zero attached hydrogens (tertiary/aromatic N) is 1. The van der Waals surface area contributed by atoms with Gasteiger partial charge in [0.15, 0.2) is 0 Å². The average molecular weight is 310 g/mol. The lowest BCUT2D eigenvalue weighted by Gasteiger charge is -2.15. The molecule has 1 aliphatic rings. The highest BCUT2D eigenvalue weighted by Crippen LogP contribution is 2.39. The summed E-state index contributed by atoms with van der Waals surface area (Å²) in [6.07, 6.45) is 2.54. The number of allylic oxidation sites excluding steroid dienone is 1. The molecule has 0 bridgehead atoms. The van der Waals surface area contributed by atoms with Gasteiger partial charge in [0.1, 0.15) is 6.29 Å². The number of carbonyl (C=O) groups is 1. The molecule has 0 spiro atoms. The first kappa shape index (κ1) is 13.0. The molecule has 1 atom stereocenters. The standard InChI is InChI=1S/C13H12BrNO3/c14-13-4-2-1-3-10(13)11(7-15(17)18)12(8-16)9-5-6-9/h1-4,8,11H,5-7H2. The zero-order valence-electron chi connectivity index (χ0n) is 9.64. The largest absolute Gasteiger partial charge is 0.298 e. The van der Waals surface area contributed by atoms with E-state index in [0.717, 1.165) is 34.7 Å². The number of rotatable bonds is 5. The molecule has 1 aromatic carbocycles.